The molecule has 1 aliphatic rings. The first-order valence-corrected chi connectivity index (χ1v) is 8.70. The molecule has 23 heavy (non-hydrogen) atoms. The summed E-state index contributed by atoms with van der Waals surface area (Å²) in [5.74, 6) is -0.451. The number of nitrogens with one attached hydrogen (secondary N) is 2. The van der Waals surface area contributed by atoms with Crippen LogP contribution in [0.1, 0.15) is 22.1 Å². The number of benzene rings is 2. The lowest BCUT2D eigenvalue weighted by Crippen LogP contribution is -2.52. The molecular formula is C15H15N3O4S. The van der Waals surface area contributed by atoms with Gasteiger partial charge in [0.15, 0.2) is 0 Å². The number of hydrogen-bond acceptors (Lipinski definition) is 5. The van der Waals surface area contributed by atoms with Crippen molar-refractivity contribution in [3.63, 3.8) is 0 Å². The van der Waals surface area contributed by atoms with Gasteiger partial charge in [0.2, 0.25) is 10.0 Å². The highest BCUT2D eigenvalue weighted by molar-refractivity contribution is 7.88. The molecule has 0 fully saturated rings. The molecule has 0 saturated carbocycles. The van der Waals surface area contributed by atoms with Gasteiger partial charge in [0.1, 0.15) is 11.9 Å². The van der Waals surface area contributed by atoms with Crippen LogP contribution < -0.4 is 10.1 Å². The minimum atomic E-state index is -3.66. The van der Waals surface area contributed by atoms with Crippen LogP contribution in [0.5, 0.6) is 5.75 Å². The monoisotopic (exact) mass is 333 g/mol. The summed E-state index contributed by atoms with van der Waals surface area (Å²) in [4.78, 5) is 14.9. The Morgan fingerprint density at radius 3 is 2.61 bits per heavy atom. The van der Waals surface area contributed by atoms with Gasteiger partial charge in [0.05, 0.1) is 11.8 Å². The molecule has 0 bridgehead atoms. The number of carbonyl (C=O) groups excluding carboxylic acids is 1. The lowest BCUT2D eigenvalue weighted by atomic mass is 10.0. The van der Waals surface area contributed by atoms with Crippen LogP contribution in [-0.4, -0.2) is 30.7 Å². The number of para-hydroxylation sites is 1. The van der Waals surface area contributed by atoms with Crippen molar-refractivity contribution in [3.8, 4) is 5.75 Å². The number of phenolic OH excluding ortho intramolecular Hbond substituents is 1. The summed E-state index contributed by atoms with van der Waals surface area (Å²) in [6, 6.07) is 13.1. The second-order valence-electron chi connectivity index (χ2n) is 5.23. The van der Waals surface area contributed by atoms with Gasteiger partial charge in [0.25, 0.3) is 5.91 Å². The molecule has 8 heteroatoms. The van der Waals surface area contributed by atoms with Gasteiger partial charge in [-0.15, -0.1) is 4.83 Å². The number of fused-ring (bicyclic) bond motifs is 1. The van der Waals surface area contributed by atoms with Gasteiger partial charge in [0, 0.05) is 5.69 Å². The van der Waals surface area contributed by atoms with Crippen LogP contribution in [0.15, 0.2) is 48.5 Å². The Hall–Kier alpha value is -2.58. The molecule has 0 saturated heterocycles. The number of carbonyl (C=O) groups is 1. The molecule has 1 heterocycles. The molecule has 2 aromatic carbocycles. The standard InChI is InChI=1S/C15H15N3O4S/c1-23(21,22)17-18-14(10-5-4-6-11(19)9-10)16-13-8-3-2-7-12(13)15(18)20/h2-9,14,16-17,19H,1H3. The number of phenols is 1. The van der Waals surface area contributed by atoms with Crippen molar-refractivity contribution in [3.05, 3.63) is 59.7 Å². The Morgan fingerprint density at radius 1 is 1.17 bits per heavy atom. The third-order valence-corrected chi connectivity index (χ3v) is 3.91. The van der Waals surface area contributed by atoms with Crippen LogP contribution in [0.2, 0.25) is 0 Å². The third-order valence-electron chi connectivity index (χ3n) is 3.38. The number of nitrogens with zero attached hydrogens (tertiary/aromatic N) is 1. The molecule has 0 spiro atoms. The summed E-state index contributed by atoms with van der Waals surface area (Å²) in [6.07, 6.45) is 0.194. The average molecular weight is 333 g/mol. The number of sulfonamides is 1. The quantitative estimate of drug-likeness (QED) is 0.789. The van der Waals surface area contributed by atoms with Crippen molar-refractivity contribution in [2.75, 3.05) is 11.6 Å². The van der Waals surface area contributed by atoms with Gasteiger partial charge in [-0.05, 0) is 29.8 Å². The fraction of sp³-hybridized carbons (Fsp3) is 0.133. The predicted molar refractivity (Wildman–Crippen MR) is 85.1 cm³/mol. The molecule has 0 aliphatic carbocycles. The Balaban J connectivity index is 2.09. The van der Waals surface area contributed by atoms with E-state index in [4.69, 9.17) is 0 Å². The number of hydrazine groups is 1. The van der Waals surface area contributed by atoms with E-state index in [2.05, 4.69) is 10.1 Å². The minimum Gasteiger partial charge on any atom is -0.508 e. The van der Waals surface area contributed by atoms with Crippen LogP contribution in [0, 0.1) is 0 Å². The van der Waals surface area contributed by atoms with E-state index in [1.165, 1.54) is 12.1 Å². The number of rotatable bonds is 3. The highest BCUT2D eigenvalue weighted by atomic mass is 32.2. The van der Waals surface area contributed by atoms with Crippen LogP contribution in [0.25, 0.3) is 0 Å². The van der Waals surface area contributed by atoms with E-state index in [9.17, 15) is 18.3 Å². The van der Waals surface area contributed by atoms with Crippen molar-refractivity contribution < 1.29 is 18.3 Å². The molecular weight excluding hydrogens is 318 g/mol. The normalized spacial score (nSPS) is 17.5. The van der Waals surface area contributed by atoms with Gasteiger partial charge in [-0.2, -0.15) is 0 Å². The van der Waals surface area contributed by atoms with Crippen molar-refractivity contribution in [2.24, 2.45) is 0 Å². The molecule has 0 aromatic heterocycles. The lowest BCUT2D eigenvalue weighted by molar-refractivity contribution is 0.0633. The van der Waals surface area contributed by atoms with Crippen molar-refractivity contribution in [1.82, 2.24) is 9.84 Å². The van der Waals surface area contributed by atoms with E-state index >= 15 is 0 Å². The summed E-state index contributed by atoms with van der Waals surface area (Å²) >= 11 is 0. The zero-order valence-corrected chi connectivity index (χ0v) is 13.0. The van der Waals surface area contributed by atoms with Crippen molar-refractivity contribution in [1.29, 1.82) is 0 Å². The first-order valence-electron chi connectivity index (χ1n) is 6.80. The van der Waals surface area contributed by atoms with E-state index < -0.39 is 22.1 Å². The SMILES string of the molecule is CS(=O)(=O)NN1C(=O)c2ccccc2NC1c1cccc(O)c1. The largest absolute Gasteiger partial charge is 0.508 e. The molecule has 3 rings (SSSR count). The lowest BCUT2D eigenvalue weighted by Gasteiger charge is -2.37. The molecule has 0 radical (unpaired) electrons. The summed E-state index contributed by atoms with van der Waals surface area (Å²) in [6.45, 7) is 0. The highest BCUT2D eigenvalue weighted by Gasteiger charge is 2.34. The molecule has 1 atom stereocenters. The maximum atomic E-state index is 12.7. The van der Waals surface area contributed by atoms with Crippen molar-refractivity contribution >= 4 is 21.6 Å². The van der Waals surface area contributed by atoms with Gasteiger partial charge in [-0.1, -0.05) is 24.3 Å². The molecule has 1 aliphatic heterocycles. The van der Waals surface area contributed by atoms with Crippen molar-refractivity contribution in [2.45, 2.75) is 6.17 Å². The number of anilines is 1. The molecule has 1 amide bonds. The maximum absolute atomic E-state index is 12.7. The summed E-state index contributed by atoms with van der Waals surface area (Å²) in [5, 5.41) is 13.8. The zero-order chi connectivity index (χ0) is 16.6. The van der Waals surface area contributed by atoms with E-state index in [-0.39, 0.29) is 5.75 Å². The van der Waals surface area contributed by atoms with Gasteiger partial charge < -0.3 is 10.4 Å². The predicted octanol–water partition coefficient (Wildman–Crippen LogP) is 1.42. The Morgan fingerprint density at radius 2 is 1.91 bits per heavy atom. The van der Waals surface area contributed by atoms with E-state index in [1.54, 1.807) is 36.4 Å². The smallest absolute Gasteiger partial charge is 0.273 e. The Kier molecular flexibility index (Phi) is 3.70. The van der Waals surface area contributed by atoms with Crippen LogP contribution in [0.4, 0.5) is 5.69 Å². The fourth-order valence-corrected chi connectivity index (χ4v) is 3.00. The molecule has 3 N–H and O–H groups in total. The van der Waals surface area contributed by atoms with Crippen LogP contribution >= 0.6 is 0 Å². The van der Waals surface area contributed by atoms with E-state index in [1.807, 2.05) is 0 Å². The first kappa shape index (κ1) is 15.3. The number of hydrogen-bond donors (Lipinski definition) is 3. The van der Waals surface area contributed by atoms with Crippen LogP contribution in [0.3, 0.4) is 0 Å². The van der Waals surface area contributed by atoms with Crippen LogP contribution in [-0.2, 0) is 10.0 Å². The number of amides is 1. The van der Waals surface area contributed by atoms with E-state index in [0.717, 1.165) is 11.3 Å². The number of aromatic hydroxyl groups is 1. The van der Waals surface area contributed by atoms with Gasteiger partial charge in [-0.3, -0.25) is 4.79 Å². The topological polar surface area (TPSA) is 98.7 Å². The summed E-state index contributed by atoms with van der Waals surface area (Å²) in [5.41, 5.74) is 1.50. The van der Waals surface area contributed by atoms with E-state index in [0.29, 0.717) is 16.8 Å². The third kappa shape index (κ3) is 3.13. The molecule has 120 valence electrons. The highest BCUT2D eigenvalue weighted by Crippen LogP contribution is 2.32. The second-order valence-corrected chi connectivity index (χ2v) is 6.95. The first-order chi connectivity index (χ1) is 10.8. The summed E-state index contributed by atoms with van der Waals surface area (Å²) < 4.78 is 23.2. The average Bonchev–Trinajstić information content (AvgIpc) is 2.49. The second kappa shape index (κ2) is 5.56. The van der Waals surface area contributed by atoms with Gasteiger partial charge in [-0.25, -0.2) is 13.4 Å². The molecule has 1 unspecified atom stereocenters. The minimum absolute atomic E-state index is 0.0231. The summed E-state index contributed by atoms with van der Waals surface area (Å²) in [7, 11) is -3.66. The molecule has 7 nitrogen and oxygen atoms in total. The molecule has 2 aromatic rings. The van der Waals surface area contributed by atoms with Gasteiger partial charge >= 0.3 is 0 Å². The maximum Gasteiger partial charge on any atom is 0.273 e. The fourth-order valence-electron chi connectivity index (χ4n) is 2.45. The Labute approximate surface area is 133 Å². The Bertz CT molecular complexity index is 867. The zero-order valence-electron chi connectivity index (χ0n) is 12.2.